The maximum atomic E-state index is 5.89. The SMILES string of the molecule is Cc1ccccc1CNc1nncc(NCCc2ccc(Cl)cc2)n1. The Labute approximate surface area is 152 Å². The van der Waals surface area contributed by atoms with Gasteiger partial charge in [-0.05, 0) is 42.2 Å². The fourth-order valence-corrected chi connectivity index (χ4v) is 2.56. The lowest BCUT2D eigenvalue weighted by Crippen LogP contribution is -2.10. The summed E-state index contributed by atoms with van der Waals surface area (Å²) in [6, 6.07) is 16.1. The summed E-state index contributed by atoms with van der Waals surface area (Å²) in [6.45, 7) is 3.52. The third-order valence-corrected chi connectivity index (χ3v) is 4.14. The molecular formula is C19H20ClN5. The highest BCUT2D eigenvalue weighted by molar-refractivity contribution is 6.30. The van der Waals surface area contributed by atoms with Crippen LogP contribution >= 0.6 is 11.6 Å². The molecular weight excluding hydrogens is 334 g/mol. The first-order valence-electron chi connectivity index (χ1n) is 8.17. The first kappa shape index (κ1) is 17.2. The Morgan fingerprint density at radius 3 is 2.60 bits per heavy atom. The van der Waals surface area contributed by atoms with Gasteiger partial charge in [0.25, 0.3) is 0 Å². The molecule has 25 heavy (non-hydrogen) atoms. The fourth-order valence-electron chi connectivity index (χ4n) is 2.43. The Balaban J connectivity index is 1.52. The van der Waals surface area contributed by atoms with Crippen LogP contribution in [0.1, 0.15) is 16.7 Å². The molecule has 3 aromatic rings. The monoisotopic (exact) mass is 353 g/mol. The van der Waals surface area contributed by atoms with Crippen LogP contribution in [0.15, 0.2) is 54.7 Å². The second-order valence-electron chi connectivity index (χ2n) is 5.75. The second-order valence-corrected chi connectivity index (χ2v) is 6.18. The summed E-state index contributed by atoms with van der Waals surface area (Å²) >= 11 is 5.89. The number of halogens is 1. The first-order chi connectivity index (χ1) is 12.2. The minimum Gasteiger partial charge on any atom is -0.368 e. The van der Waals surface area contributed by atoms with Gasteiger partial charge in [-0.1, -0.05) is 48.0 Å². The van der Waals surface area contributed by atoms with E-state index in [-0.39, 0.29) is 0 Å². The number of aryl methyl sites for hydroxylation is 1. The van der Waals surface area contributed by atoms with Crippen LogP contribution in [-0.4, -0.2) is 21.7 Å². The normalized spacial score (nSPS) is 10.5. The number of nitrogens with one attached hydrogen (secondary N) is 2. The summed E-state index contributed by atoms with van der Waals surface area (Å²) in [6.07, 6.45) is 2.51. The maximum Gasteiger partial charge on any atom is 0.244 e. The molecule has 0 atom stereocenters. The Morgan fingerprint density at radius 1 is 1.00 bits per heavy atom. The Kier molecular flexibility index (Phi) is 5.80. The van der Waals surface area contributed by atoms with Crippen LogP contribution in [0.3, 0.4) is 0 Å². The van der Waals surface area contributed by atoms with Crippen molar-refractivity contribution in [3.05, 3.63) is 76.4 Å². The van der Waals surface area contributed by atoms with E-state index in [1.165, 1.54) is 16.7 Å². The number of hydrogen-bond acceptors (Lipinski definition) is 5. The highest BCUT2D eigenvalue weighted by Crippen LogP contribution is 2.11. The van der Waals surface area contributed by atoms with Crippen molar-refractivity contribution in [2.75, 3.05) is 17.2 Å². The molecule has 0 saturated heterocycles. The molecule has 0 radical (unpaired) electrons. The second kappa shape index (κ2) is 8.44. The van der Waals surface area contributed by atoms with Crippen LogP contribution in [-0.2, 0) is 13.0 Å². The number of benzene rings is 2. The van der Waals surface area contributed by atoms with Gasteiger partial charge in [0.1, 0.15) is 0 Å². The summed E-state index contributed by atoms with van der Waals surface area (Å²) in [5.74, 6) is 1.22. The number of anilines is 2. The highest BCUT2D eigenvalue weighted by Gasteiger charge is 2.02. The summed E-state index contributed by atoms with van der Waals surface area (Å²) in [5, 5.41) is 15.3. The first-order valence-corrected chi connectivity index (χ1v) is 8.55. The van der Waals surface area contributed by atoms with Gasteiger partial charge < -0.3 is 10.6 Å². The van der Waals surface area contributed by atoms with E-state index in [1.807, 2.05) is 36.4 Å². The molecule has 0 unspecified atom stereocenters. The van der Waals surface area contributed by atoms with Crippen LogP contribution in [0.2, 0.25) is 5.02 Å². The van der Waals surface area contributed by atoms with Gasteiger partial charge in [0.05, 0.1) is 6.20 Å². The molecule has 0 bridgehead atoms. The quantitative estimate of drug-likeness (QED) is 0.669. The van der Waals surface area contributed by atoms with Gasteiger partial charge in [0, 0.05) is 18.1 Å². The van der Waals surface area contributed by atoms with Gasteiger partial charge in [0.2, 0.25) is 5.95 Å². The predicted octanol–water partition coefficient (Wildman–Crippen LogP) is 4.10. The lowest BCUT2D eigenvalue weighted by molar-refractivity contribution is 0.927. The minimum absolute atomic E-state index is 0.514. The van der Waals surface area contributed by atoms with Gasteiger partial charge in [-0.25, -0.2) is 0 Å². The highest BCUT2D eigenvalue weighted by atomic mass is 35.5. The molecule has 3 rings (SSSR count). The van der Waals surface area contributed by atoms with E-state index in [2.05, 4.69) is 44.9 Å². The van der Waals surface area contributed by atoms with Crippen molar-refractivity contribution in [1.82, 2.24) is 15.2 Å². The van der Waals surface area contributed by atoms with Crippen LogP contribution < -0.4 is 10.6 Å². The molecule has 0 aliphatic rings. The summed E-state index contributed by atoms with van der Waals surface area (Å²) in [4.78, 5) is 4.45. The zero-order chi connectivity index (χ0) is 17.5. The van der Waals surface area contributed by atoms with Crippen molar-refractivity contribution >= 4 is 23.4 Å². The number of nitrogens with zero attached hydrogens (tertiary/aromatic N) is 3. The predicted molar refractivity (Wildman–Crippen MR) is 102 cm³/mol. The lowest BCUT2D eigenvalue weighted by atomic mass is 10.1. The Bertz CT molecular complexity index is 820. The molecule has 1 aromatic heterocycles. The Hall–Kier alpha value is -2.66. The molecule has 0 amide bonds. The lowest BCUT2D eigenvalue weighted by Gasteiger charge is -2.09. The van der Waals surface area contributed by atoms with Crippen LogP contribution in [0.25, 0.3) is 0 Å². The van der Waals surface area contributed by atoms with Crippen LogP contribution in [0.4, 0.5) is 11.8 Å². The van der Waals surface area contributed by atoms with Crippen LogP contribution in [0, 0.1) is 6.92 Å². The van der Waals surface area contributed by atoms with Crippen molar-refractivity contribution < 1.29 is 0 Å². The number of rotatable bonds is 7. The summed E-state index contributed by atoms with van der Waals surface area (Å²) in [7, 11) is 0. The maximum absolute atomic E-state index is 5.89. The average Bonchev–Trinajstić information content (AvgIpc) is 2.63. The Morgan fingerprint density at radius 2 is 1.80 bits per heavy atom. The molecule has 0 aliphatic heterocycles. The van der Waals surface area contributed by atoms with E-state index in [1.54, 1.807) is 6.20 Å². The third-order valence-electron chi connectivity index (χ3n) is 3.89. The van der Waals surface area contributed by atoms with E-state index in [0.29, 0.717) is 18.3 Å². The molecule has 0 fully saturated rings. The molecule has 0 aliphatic carbocycles. The minimum atomic E-state index is 0.514. The van der Waals surface area contributed by atoms with Crippen molar-refractivity contribution in [3.63, 3.8) is 0 Å². The van der Waals surface area contributed by atoms with E-state index in [0.717, 1.165) is 18.0 Å². The zero-order valence-corrected chi connectivity index (χ0v) is 14.8. The molecule has 6 heteroatoms. The van der Waals surface area contributed by atoms with Gasteiger partial charge in [-0.15, -0.1) is 5.10 Å². The van der Waals surface area contributed by atoms with Crippen molar-refractivity contribution in [3.8, 4) is 0 Å². The molecule has 2 N–H and O–H groups in total. The fraction of sp³-hybridized carbons (Fsp3) is 0.211. The molecule has 2 aromatic carbocycles. The standard InChI is InChI=1S/C19H20ClN5/c1-14-4-2-3-5-16(14)12-22-19-24-18(13-23-25-19)21-11-10-15-6-8-17(20)9-7-15/h2-9,13H,10-12H2,1H3,(H2,21,22,24,25). The topological polar surface area (TPSA) is 62.7 Å². The molecule has 128 valence electrons. The zero-order valence-electron chi connectivity index (χ0n) is 14.0. The largest absolute Gasteiger partial charge is 0.368 e. The van der Waals surface area contributed by atoms with Crippen molar-refractivity contribution in [2.45, 2.75) is 19.9 Å². The number of hydrogen-bond donors (Lipinski definition) is 2. The van der Waals surface area contributed by atoms with E-state index in [4.69, 9.17) is 11.6 Å². The van der Waals surface area contributed by atoms with E-state index >= 15 is 0 Å². The third kappa shape index (κ3) is 5.16. The average molecular weight is 354 g/mol. The van der Waals surface area contributed by atoms with Gasteiger partial charge in [-0.2, -0.15) is 10.1 Å². The van der Waals surface area contributed by atoms with Crippen molar-refractivity contribution in [1.29, 1.82) is 0 Å². The van der Waals surface area contributed by atoms with Crippen molar-refractivity contribution in [2.24, 2.45) is 0 Å². The van der Waals surface area contributed by atoms with Gasteiger partial charge in [-0.3, -0.25) is 0 Å². The van der Waals surface area contributed by atoms with E-state index < -0.39 is 0 Å². The molecule has 5 nitrogen and oxygen atoms in total. The summed E-state index contributed by atoms with van der Waals surface area (Å²) in [5.41, 5.74) is 3.67. The molecule has 0 spiro atoms. The number of aromatic nitrogens is 3. The smallest absolute Gasteiger partial charge is 0.244 e. The molecule has 0 saturated carbocycles. The van der Waals surface area contributed by atoms with Crippen LogP contribution in [0.5, 0.6) is 0 Å². The van der Waals surface area contributed by atoms with Gasteiger partial charge >= 0.3 is 0 Å². The summed E-state index contributed by atoms with van der Waals surface area (Å²) < 4.78 is 0. The van der Waals surface area contributed by atoms with Gasteiger partial charge in [0.15, 0.2) is 5.82 Å². The molecule has 1 heterocycles. The van der Waals surface area contributed by atoms with E-state index in [9.17, 15) is 0 Å².